The maximum absolute atomic E-state index is 5.73. The Labute approximate surface area is 73.1 Å². The third-order valence-electron chi connectivity index (χ3n) is 1.72. The molecule has 0 aliphatic rings. The van der Waals surface area contributed by atoms with Crippen molar-refractivity contribution in [2.75, 3.05) is 11.1 Å². The van der Waals surface area contributed by atoms with Crippen molar-refractivity contribution in [3.8, 4) is 0 Å². The third kappa shape index (κ3) is 1.78. The fourth-order valence-electron chi connectivity index (χ4n) is 1.02. The zero-order chi connectivity index (χ0) is 9.14. The number of anilines is 2. The Morgan fingerprint density at radius 1 is 1.50 bits per heavy atom. The molecule has 0 bridgehead atoms. The van der Waals surface area contributed by atoms with Gasteiger partial charge in [-0.15, -0.1) is 0 Å². The average molecular weight is 162 g/mol. The molecule has 0 radical (unpaired) electrons. The Hall–Kier alpha value is -1.44. The minimum atomic E-state index is 0.807. The molecule has 0 fully saturated rings. The van der Waals surface area contributed by atoms with Gasteiger partial charge in [-0.2, -0.15) is 0 Å². The first-order valence-electron chi connectivity index (χ1n) is 3.89. The second-order valence-electron chi connectivity index (χ2n) is 2.93. The molecule has 1 rings (SSSR count). The smallest absolute Gasteiger partial charge is 0.0431 e. The van der Waals surface area contributed by atoms with Crippen LogP contribution in [0.5, 0.6) is 0 Å². The predicted octanol–water partition coefficient (Wildman–Crippen LogP) is 2.52. The topological polar surface area (TPSA) is 38.0 Å². The van der Waals surface area contributed by atoms with E-state index in [9.17, 15) is 0 Å². The van der Waals surface area contributed by atoms with Crippen LogP contribution in [0.2, 0.25) is 0 Å². The minimum absolute atomic E-state index is 0.807. The molecule has 0 unspecified atom stereocenters. The molecule has 0 aliphatic carbocycles. The van der Waals surface area contributed by atoms with Crippen molar-refractivity contribution in [1.29, 1.82) is 0 Å². The second kappa shape index (κ2) is 3.30. The molecular formula is C10H14N2. The van der Waals surface area contributed by atoms with Gasteiger partial charge in [-0.25, -0.2) is 0 Å². The molecule has 0 amide bonds. The predicted molar refractivity (Wildman–Crippen MR) is 54.0 cm³/mol. The highest BCUT2D eigenvalue weighted by molar-refractivity contribution is 5.64. The Kier molecular flexibility index (Phi) is 2.38. The molecule has 2 heteroatoms. The fraction of sp³-hybridized carbons (Fsp3) is 0.200. The molecule has 1 aromatic carbocycles. The van der Waals surface area contributed by atoms with Gasteiger partial charge < -0.3 is 11.1 Å². The van der Waals surface area contributed by atoms with Crippen molar-refractivity contribution in [2.45, 2.75) is 13.8 Å². The molecule has 0 aromatic heterocycles. The quantitative estimate of drug-likeness (QED) is 0.656. The third-order valence-corrected chi connectivity index (χ3v) is 1.72. The van der Waals surface area contributed by atoms with E-state index in [4.69, 9.17) is 5.73 Å². The van der Waals surface area contributed by atoms with Crippen molar-refractivity contribution in [2.24, 2.45) is 0 Å². The van der Waals surface area contributed by atoms with Gasteiger partial charge in [0.05, 0.1) is 0 Å². The SMILES string of the molecule is C=C(C)Nc1cccc(N)c1C. The van der Waals surface area contributed by atoms with Gasteiger partial charge in [0.15, 0.2) is 0 Å². The molecule has 2 nitrogen and oxygen atoms in total. The van der Waals surface area contributed by atoms with Crippen molar-refractivity contribution in [3.05, 3.63) is 36.0 Å². The van der Waals surface area contributed by atoms with Crippen LogP contribution in [0.25, 0.3) is 0 Å². The number of hydrogen-bond acceptors (Lipinski definition) is 2. The number of benzene rings is 1. The number of hydrogen-bond donors (Lipinski definition) is 2. The van der Waals surface area contributed by atoms with Crippen LogP contribution in [-0.2, 0) is 0 Å². The Morgan fingerprint density at radius 3 is 2.75 bits per heavy atom. The summed E-state index contributed by atoms with van der Waals surface area (Å²) in [5.41, 5.74) is 9.55. The van der Waals surface area contributed by atoms with E-state index in [1.807, 2.05) is 32.0 Å². The van der Waals surface area contributed by atoms with Crippen molar-refractivity contribution in [3.63, 3.8) is 0 Å². The van der Waals surface area contributed by atoms with Crippen LogP contribution in [-0.4, -0.2) is 0 Å². The molecule has 0 heterocycles. The number of rotatable bonds is 2. The average Bonchev–Trinajstić information content (AvgIpc) is 1.98. The van der Waals surface area contributed by atoms with Gasteiger partial charge in [-0.05, 0) is 31.5 Å². The summed E-state index contributed by atoms with van der Waals surface area (Å²) in [5, 5.41) is 3.14. The lowest BCUT2D eigenvalue weighted by molar-refractivity contribution is 1.35. The molecular weight excluding hydrogens is 148 g/mol. The maximum atomic E-state index is 5.73. The van der Waals surface area contributed by atoms with Crippen LogP contribution in [0.1, 0.15) is 12.5 Å². The maximum Gasteiger partial charge on any atom is 0.0431 e. The van der Waals surface area contributed by atoms with Crippen LogP contribution in [0.3, 0.4) is 0 Å². The number of allylic oxidation sites excluding steroid dienone is 1. The lowest BCUT2D eigenvalue weighted by Gasteiger charge is -2.09. The van der Waals surface area contributed by atoms with Gasteiger partial charge in [0.2, 0.25) is 0 Å². The summed E-state index contributed by atoms with van der Waals surface area (Å²) in [7, 11) is 0. The summed E-state index contributed by atoms with van der Waals surface area (Å²) in [6, 6.07) is 5.80. The molecule has 0 spiro atoms. The Balaban J connectivity index is 3.00. The van der Waals surface area contributed by atoms with Gasteiger partial charge >= 0.3 is 0 Å². The van der Waals surface area contributed by atoms with Gasteiger partial charge in [-0.3, -0.25) is 0 Å². The lowest BCUT2D eigenvalue weighted by atomic mass is 10.1. The fourth-order valence-corrected chi connectivity index (χ4v) is 1.02. The van der Waals surface area contributed by atoms with E-state index < -0.39 is 0 Å². The van der Waals surface area contributed by atoms with Crippen molar-refractivity contribution < 1.29 is 0 Å². The van der Waals surface area contributed by atoms with Crippen molar-refractivity contribution >= 4 is 11.4 Å². The highest BCUT2D eigenvalue weighted by Crippen LogP contribution is 2.21. The zero-order valence-electron chi connectivity index (χ0n) is 7.52. The van der Waals surface area contributed by atoms with Crippen LogP contribution >= 0.6 is 0 Å². The number of nitrogen functional groups attached to an aromatic ring is 1. The summed E-state index contributed by atoms with van der Waals surface area (Å²) in [4.78, 5) is 0. The molecule has 0 atom stereocenters. The van der Waals surface area contributed by atoms with Gasteiger partial charge in [0.25, 0.3) is 0 Å². The molecule has 0 saturated carbocycles. The van der Waals surface area contributed by atoms with Gasteiger partial charge in [0.1, 0.15) is 0 Å². The number of nitrogens with two attached hydrogens (primary N) is 1. The first-order valence-corrected chi connectivity index (χ1v) is 3.89. The van der Waals surface area contributed by atoms with E-state index in [1.54, 1.807) is 0 Å². The van der Waals surface area contributed by atoms with Crippen molar-refractivity contribution in [1.82, 2.24) is 0 Å². The molecule has 64 valence electrons. The summed E-state index contributed by atoms with van der Waals surface area (Å²) in [5.74, 6) is 0. The summed E-state index contributed by atoms with van der Waals surface area (Å²) in [6.45, 7) is 7.68. The van der Waals surface area contributed by atoms with E-state index in [0.29, 0.717) is 0 Å². The monoisotopic (exact) mass is 162 g/mol. The molecule has 0 aliphatic heterocycles. The Bertz CT molecular complexity index is 303. The first kappa shape index (κ1) is 8.65. The van der Waals surface area contributed by atoms with E-state index in [2.05, 4.69) is 11.9 Å². The largest absolute Gasteiger partial charge is 0.398 e. The van der Waals surface area contributed by atoms with E-state index in [-0.39, 0.29) is 0 Å². The van der Waals surface area contributed by atoms with Gasteiger partial charge in [-0.1, -0.05) is 12.6 Å². The van der Waals surface area contributed by atoms with Crippen LogP contribution in [0.15, 0.2) is 30.5 Å². The second-order valence-corrected chi connectivity index (χ2v) is 2.93. The molecule has 1 aromatic rings. The highest BCUT2D eigenvalue weighted by atomic mass is 14.9. The standard InChI is InChI=1S/C10H14N2/c1-7(2)12-10-6-4-5-9(11)8(10)3/h4-6,12H,1,11H2,2-3H3. The normalized spacial score (nSPS) is 9.50. The van der Waals surface area contributed by atoms with Crippen LogP contribution in [0, 0.1) is 6.92 Å². The summed E-state index contributed by atoms with van der Waals surface area (Å²) >= 11 is 0. The zero-order valence-corrected chi connectivity index (χ0v) is 7.52. The minimum Gasteiger partial charge on any atom is -0.398 e. The van der Waals surface area contributed by atoms with Crippen LogP contribution in [0.4, 0.5) is 11.4 Å². The first-order chi connectivity index (χ1) is 5.61. The van der Waals surface area contributed by atoms with E-state index in [0.717, 1.165) is 22.6 Å². The summed E-state index contributed by atoms with van der Waals surface area (Å²) in [6.07, 6.45) is 0. The summed E-state index contributed by atoms with van der Waals surface area (Å²) < 4.78 is 0. The molecule has 0 saturated heterocycles. The molecule has 3 N–H and O–H groups in total. The Morgan fingerprint density at radius 2 is 2.17 bits per heavy atom. The highest BCUT2D eigenvalue weighted by Gasteiger charge is 1.98. The van der Waals surface area contributed by atoms with E-state index in [1.165, 1.54) is 0 Å². The van der Waals surface area contributed by atoms with E-state index >= 15 is 0 Å². The molecule has 12 heavy (non-hydrogen) atoms. The van der Waals surface area contributed by atoms with Gasteiger partial charge in [0, 0.05) is 17.1 Å². The number of nitrogens with one attached hydrogen (secondary N) is 1. The lowest BCUT2D eigenvalue weighted by Crippen LogP contribution is -1.98. The van der Waals surface area contributed by atoms with Crippen LogP contribution < -0.4 is 11.1 Å².